The molecule has 0 saturated heterocycles. The molecule has 0 atom stereocenters. The molecule has 0 bridgehead atoms. The zero-order valence-electron chi connectivity index (χ0n) is 14.9. The molecule has 0 aliphatic rings. The maximum atomic E-state index is 14.5. The summed E-state index contributed by atoms with van der Waals surface area (Å²) in [7, 11) is 0. The number of benzene rings is 2. The van der Waals surface area contributed by atoms with Gasteiger partial charge in [0.05, 0.1) is 10.7 Å². The number of nitrogen functional groups attached to an aromatic ring is 1. The van der Waals surface area contributed by atoms with Gasteiger partial charge in [-0.05, 0) is 18.2 Å². The lowest BCUT2D eigenvalue weighted by atomic mass is 10.2. The summed E-state index contributed by atoms with van der Waals surface area (Å²) < 4.78 is 72.0. The number of alkyl halides is 3. The lowest BCUT2D eigenvalue weighted by Crippen LogP contribution is -2.45. The van der Waals surface area contributed by atoms with E-state index in [1.54, 1.807) is 6.07 Å². The number of nitrogens with zero attached hydrogens (tertiary/aromatic N) is 3. The summed E-state index contributed by atoms with van der Waals surface area (Å²) in [6.07, 6.45) is -5.12. The van der Waals surface area contributed by atoms with Crippen LogP contribution in [-0.4, -0.2) is 9.24 Å². The largest absolute Gasteiger partial charge is 0.454 e. The lowest BCUT2D eigenvalue weighted by molar-refractivity contribution is -0.143. The number of ether oxygens (including phenoxy) is 1. The van der Waals surface area contributed by atoms with Gasteiger partial charge in [0.15, 0.2) is 5.69 Å². The standard InChI is InChI=1S/C18H8ClF5N4O3/c19-9-4-11(21)12(5-14(9)31-13-3-1-2-10(20)8(13)7-25)27-16(29)6-15(18(22,23)24)28(26)17(27)30/h1-6H,26H2. The van der Waals surface area contributed by atoms with Crippen LogP contribution in [0.25, 0.3) is 5.69 Å². The molecule has 3 aromatic rings. The van der Waals surface area contributed by atoms with Gasteiger partial charge < -0.3 is 10.6 Å². The van der Waals surface area contributed by atoms with Gasteiger partial charge in [-0.2, -0.15) is 18.4 Å². The first-order valence-electron chi connectivity index (χ1n) is 8.03. The monoisotopic (exact) mass is 458 g/mol. The van der Waals surface area contributed by atoms with Crippen molar-refractivity contribution in [3.63, 3.8) is 0 Å². The van der Waals surface area contributed by atoms with Crippen molar-refractivity contribution in [2.24, 2.45) is 0 Å². The molecule has 0 amide bonds. The molecule has 3 rings (SSSR count). The maximum absolute atomic E-state index is 14.5. The van der Waals surface area contributed by atoms with Gasteiger partial charge in [0, 0.05) is 12.1 Å². The summed E-state index contributed by atoms with van der Waals surface area (Å²) >= 11 is 5.88. The van der Waals surface area contributed by atoms with Crippen LogP contribution < -0.4 is 21.8 Å². The highest BCUT2D eigenvalue weighted by atomic mass is 35.5. The molecule has 1 aromatic heterocycles. The van der Waals surface area contributed by atoms with Gasteiger partial charge in [0.2, 0.25) is 0 Å². The minimum Gasteiger partial charge on any atom is -0.454 e. The Bertz CT molecular complexity index is 1360. The molecule has 160 valence electrons. The molecule has 0 spiro atoms. The van der Waals surface area contributed by atoms with Gasteiger partial charge in [0.1, 0.15) is 34.8 Å². The van der Waals surface area contributed by atoms with Crippen LogP contribution in [0.15, 0.2) is 46.0 Å². The van der Waals surface area contributed by atoms with Gasteiger partial charge >= 0.3 is 11.9 Å². The quantitative estimate of drug-likeness (QED) is 0.479. The number of aromatic nitrogens is 2. The Morgan fingerprint density at radius 1 is 1.06 bits per heavy atom. The smallest absolute Gasteiger partial charge is 0.433 e. The van der Waals surface area contributed by atoms with Crippen molar-refractivity contribution in [3.8, 4) is 23.3 Å². The van der Waals surface area contributed by atoms with Crippen LogP contribution in [-0.2, 0) is 6.18 Å². The Hall–Kier alpha value is -3.85. The topological polar surface area (TPSA) is 103 Å². The molecule has 31 heavy (non-hydrogen) atoms. The summed E-state index contributed by atoms with van der Waals surface area (Å²) in [4.78, 5) is 24.5. The third-order valence-electron chi connectivity index (χ3n) is 3.98. The van der Waals surface area contributed by atoms with Crippen molar-refractivity contribution in [1.29, 1.82) is 5.26 Å². The van der Waals surface area contributed by atoms with Gasteiger partial charge in [-0.3, -0.25) is 4.79 Å². The second-order valence-electron chi connectivity index (χ2n) is 5.91. The van der Waals surface area contributed by atoms with Crippen LogP contribution in [0.3, 0.4) is 0 Å². The molecule has 7 nitrogen and oxygen atoms in total. The van der Waals surface area contributed by atoms with Crippen molar-refractivity contribution in [2.45, 2.75) is 6.18 Å². The van der Waals surface area contributed by atoms with Crippen molar-refractivity contribution in [2.75, 3.05) is 5.84 Å². The van der Waals surface area contributed by atoms with Gasteiger partial charge in [-0.1, -0.05) is 17.7 Å². The lowest BCUT2D eigenvalue weighted by Gasteiger charge is -2.15. The number of halogens is 6. The van der Waals surface area contributed by atoms with E-state index >= 15 is 0 Å². The first-order chi connectivity index (χ1) is 14.5. The van der Waals surface area contributed by atoms with E-state index in [0.29, 0.717) is 6.07 Å². The van der Waals surface area contributed by atoms with Gasteiger partial charge in [0.25, 0.3) is 5.56 Å². The van der Waals surface area contributed by atoms with E-state index in [1.165, 1.54) is 12.1 Å². The predicted octanol–water partition coefficient (Wildman–Crippen LogP) is 3.33. The molecule has 2 N–H and O–H groups in total. The SMILES string of the molecule is N#Cc1c(F)cccc1Oc1cc(-n2c(=O)cc(C(F)(F)F)n(N)c2=O)c(F)cc1Cl. The van der Waals surface area contributed by atoms with E-state index in [1.807, 2.05) is 0 Å². The third kappa shape index (κ3) is 3.95. The third-order valence-corrected chi connectivity index (χ3v) is 4.27. The van der Waals surface area contributed by atoms with E-state index < -0.39 is 56.8 Å². The van der Waals surface area contributed by atoms with Crippen LogP contribution in [0.2, 0.25) is 5.02 Å². The van der Waals surface area contributed by atoms with Crippen molar-refractivity contribution in [1.82, 2.24) is 9.24 Å². The Labute approximate surface area is 173 Å². The molecule has 0 saturated carbocycles. The molecular weight excluding hydrogens is 451 g/mol. The number of nitrogens with two attached hydrogens (primary N) is 1. The maximum Gasteiger partial charge on any atom is 0.433 e. The Morgan fingerprint density at radius 2 is 1.74 bits per heavy atom. The Morgan fingerprint density at radius 3 is 2.35 bits per heavy atom. The zero-order chi connectivity index (χ0) is 23.1. The van der Waals surface area contributed by atoms with E-state index in [0.717, 1.165) is 12.1 Å². The van der Waals surface area contributed by atoms with Crippen LogP contribution in [0.1, 0.15) is 11.3 Å². The van der Waals surface area contributed by atoms with Crippen LogP contribution in [0.5, 0.6) is 11.5 Å². The fourth-order valence-corrected chi connectivity index (χ4v) is 2.77. The molecule has 0 aliphatic heterocycles. The summed E-state index contributed by atoms with van der Waals surface area (Å²) in [5.41, 5.74) is -6.33. The Kier molecular flexibility index (Phi) is 5.47. The molecule has 0 aliphatic carbocycles. The van der Waals surface area contributed by atoms with E-state index in [2.05, 4.69) is 0 Å². The highest BCUT2D eigenvalue weighted by Crippen LogP contribution is 2.34. The first kappa shape index (κ1) is 21.8. The average Bonchev–Trinajstić information content (AvgIpc) is 2.67. The fourth-order valence-electron chi connectivity index (χ4n) is 2.58. The van der Waals surface area contributed by atoms with Crippen LogP contribution in [0, 0.1) is 23.0 Å². The second kappa shape index (κ2) is 7.77. The molecular formula is C18H8ClF5N4O3. The second-order valence-corrected chi connectivity index (χ2v) is 6.32. The highest BCUT2D eigenvalue weighted by Gasteiger charge is 2.36. The van der Waals surface area contributed by atoms with Gasteiger partial charge in [-0.25, -0.2) is 22.8 Å². The van der Waals surface area contributed by atoms with Crippen LogP contribution >= 0.6 is 11.6 Å². The normalized spacial score (nSPS) is 11.3. The number of rotatable bonds is 3. The molecule has 2 aromatic carbocycles. The van der Waals surface area contributed by atoms with E-state index in [-0.39, 0.29) is 21.1 Å². The molecule has 13 heteroatoms. The fraction of sp³-hybridized carbons (Fsp3) is 0.0556. The minimum atomic E-state index is -5.12. The van der Waals surface area contributed by atoms with Gasteiger partial charge in [-0.15, -0.1) is 0 Å². The number of hydrogen-bond acceptors (Lipinski definition) is 5. The predicted molar refractivity (Wildman–Crippen MR) is 97.6 cm³/mol. The summed E-state index contributed by atoms with van der Waals surface area (Å²) in [5, 5.41) is 8.66. The summed E-state index contributed by atoms with van der Waals surface area (Å²) in [6.45, 7) is 0. The van der Waals surface area contributed by atoms with Crippen LogP contribution in [0.4, 0.5) is 22.0 Å². The van der Waals surface area contributed by atoms with Crippen molar-refractivity contribution >= 4 is 11.6 Å². The molecule has 0 fully saturated rings. The first-order valence-corrected chi connectivity index (χ1v) is 8.40. The summed E-state index contributed by atoms with van der Waals surface area (Å²) in [6, 6.07) is 6.28. The average molecular weight is 459 g/mol. The Balaban J connectivity index is 2.22. The highest BCUT2D eigenvalue weighted by molar-refractivity contribution is 6.32. The minimum absolute atomic E-state index is 0.0103. The number of hydrogen-bond donors (Lipinski definition) is 1. The van der Waals surface area contributed by atoms with Crippen molar-refractivity contribution < 1.29 is 26.7 Å². The summed E-state index contributed by atoms with van der Waals surface area (Å²) in [5.74, 6) is 2.20. The number of nitriles is 1. The zero-order valence-corrected chi connectivity index (χ0v) is 15.6. The molecule has 0 radical (unpaired) electrons. The molecule has 1 heterocycles. The van der Waals surface area contributed by atoms with Crippen molar-refractivity contribution in [3.05, 3.63) is 85.2 Å². The molecule has 0 unspecified atom stereocenters. The van der Waals surface area contributed by atoms with E-state index in [4.69, 9.17) is 27.4 Å². The van der Waals surface area contributed by atoms with E-state index in [9.17, 15) is 31.5 Å².